The van der Waals surface area contributed by atoms with Crippen molar-refractivity contribution in [2.45, 2.75) is 0 Å². The summed E-state index contributed by atoms with van der Waals surface area (Å²) in [7, 11) is 1.53. The zero-order valence-corrected chi connectivity index (χ0v) is 17.5. The molecule has 4 aromatic carbocycles. The predicted octanol–water partition coefficient (Wildman–Crippen LogP) is 6.46. The van der Waals surface area contributed by atoms with E-state index in [4.69, 9.17) is 14.2 Å². The van der Waals surface area contributed by atoms with E-state index in [9.17, 15) is 4.79 Å². The largest absolute Gasteiger partial charge is 0.493 e. The van der Waals surface area contributed by atoms with Crippen molar-refractivity contribution >= 4 is 17.9 Å². The molecule has 0 heterocycles. The van der Waals surface area contributed by atoms with Crippen LogP contribution in [0.2, 0.25) is 0 Å². The number of rotatable bonds is 7. The van der Waals surface area contributed by atoms with E-state index >= 15 is 0 Å². The molecule has 0 aliphatic rings. The second-order valence-electron chi connectivity index (χ2n) is 6.83. The molecule has 0 radical (unpaired) electrons. The van der Waals surface area contributed by atoms with Crippen LogP contribution in [0.5, 0.6) is 23.0 Å². The Bertz CT molecular complexity index is 1200. The van der Waals surface area contributed by atoms with E-state index in [2.05, 4.69) is 4.99 Å². The van der Waals surface area contributed by atoms with Gasteiger partial charge in [-0.2, -0.15) is 0 Å². The lowest BCUT2D eigenvalue weighted by atomic mass is 10.2. The van der Waals surface area contributed by atoms with Gasteiger partial charge in [0.25, 0.3) is 0 Å². The van der Waals surface area contributed by atoms with E-state index < -0.39 is 5.97 Å². The number of aliphatic imine (C=N–C) groups is 1. The van der Waals surface area contributed by atoms with Crippen LogP contribution in [0.4, 0.5) is 5.69 Å². The van der Waals surface area contributed by atoms with Gasteiger partial charge in [0, 0.05) is 6.21 Å². The second-order valence-corrected chi connectivity index (χ2v) is 6.83. The van der Waals surface area contributed by atoms with Crippen LogP contribution in [0.1, 0.15) is 15.9 Å². The van der Waals surface area contributed by atoms with E-state index in [1.54, 1.807) is 42.6 Å². The smallest absolute Gasteiger partial charge is 0.343 e. The minimum atomic E-state index is -0.442. The molecule has 32 heavy (non-hydrogen) atoms. The summed E-state index contributed by atoms with van der Waals surface area (Å²) in [6.45, 7) is 0. The van der Waals surface area contributed by atoms with E-state index in [1.165, 1.54) is 7.11 Å². The van der Waals surface area contributed by atoms with Gasteiger partial charge < -0.3 is 14.2 Å². The van der Waals surface area contributed by atoms with E-state index in [-0.39, 0.29) is 0 Å². The molecule has 4 aromatic rings. The number of hydrogen-bond acceptors (Lipinski definition) is 5. The third-order valence-electron chi connectivity index (χ3n) is 4.58. The van der Waals surface area contributed by atoms with E-state index in [0.29, 0.717) is 17.1 Å². The number of para-hydroxylation sites is 1. The van der Waals surface area contributed by atoms with Gasteiger partial charge in [-0.1, -0.05) is 36.4 Å². The molecule has 158 valence electrons. The maximum atomic E-state index is 12.3. The molecule has 0 unspecified atom stereocenters. The van der Waals surface area contributed by atoms with Gasteiger partial charge in [-0.25, -0.2) is 4.79 Å². The van der Waals surface area contributed by atoms with Gasteiger partial charge in [0.05, 0.1) is 18.4 Å². The van der Waals surface area contributed by atoms with Crippen LogP contribution in [-0.2, 0) is 0 Å². The zero-order valence-electron chi connectivity index (χ0n) is 17.5. The van der Waals surface area contributed by atoms with Crippen LogP contribution < -0.4 is 14.2 Å². The van der Waals surface area contributed by atoms with E-state index in [0.717, 1.165) is 22.7 Å². The quantitative estimate of drug-likeness (QED) is 0.195. The lowest BCUT2D eigenvalue weighted by Crippen LogP contribution is -2.09. The highest BCUT2D eigenvalue weighted by atomic mass is 16.6. The monoisotopic (exact) mass is 423 g/mol. The number of carbonyl (C=O) groups excluding carboxylic acids is 1. The van der Waals surface area contributed by atoms with Gasteiger partial charge in [0.1, 0.15) is 11.5 Å². The van der Waals surface area contributed by atoms with Crippen LogP contribution in [0.25, 0.3) is 0 Å². The minimum Gasteiger partial charge on any atom is -0.493 e. The molecule has 0 fully saturated rings. The Morgan fingerprint density at radius 2 is 1.41 bits per heavy atom. The molecule has 0 aromatic heterocycles. The second kappa shape index (κ2) is 10.1. The first-order valence-electron chi connectivity index (χ1n) is 10.0. The highest BCUT2D eigenvalue weighted by molar-refractivity contribution is 5.91. The van der Waals surface area contributed by atoms with Gasteiger partial charge in [-0.3, -0.25) is 4.99 Å². The Kier molecular flexibility index (Phi) is 6.58. The molecule has 4 rings (SSSR count). The number of carbonyl (C=O) groups is 1. The zero-order chi connectivity index (χ0) is 22.2. The maximum absolute atomic E-state index is 12.3. The molecule has 0 bridgehead atoms. The number of methoxy groups -OCH3 is 1. The standard InChI is InChI=1S/C27H21NO4/c1-30-26-18-20(12-17-25(26)32-27(29)21-8-4-2-5-9-21)19-28-22-13-15-24(16-14-22)31-23-10-6-3-7-11-23/h2-19H,1H3. The number of hydrogen-bond donors (Lipinski definition) is 0. The van der Waals surface area contributed by atoms with Gasteiger partial charge in [0.2, 0.25) is 0 Å². The highest BCUT2D eigenvalue weighted by Gasteiger charge is 2.12. The summed E-state index contributed by atoms with van der Waals surface area (Å²) in [5, 5.41) is 0. The average Bonchev–Trinajstić information content (AvgIpc) is 2.85. The Morgan fingerprint density at radius 1 is 0.750 bits per heavy atom. The first-order chi connectivity index (χ1) is 15.7. The number of nitrogens with zero attached hydrogens (tertiary/aromatic N) is 1. The summed E-state index contributed by atoms with van der Waals surface area (Å²) in [5.41, 5.74) is 2.06. The Hall–Kier alpha value is -4.38. The van der Waals surface area contributed by atoms with Gasteiger partial charge in [-0.15, -0.1) is 0 Å². The molecule has 5 heteroatoms. The summed E-state index contributed by atoms with van der Waals surface area (Å²) in [6, 6.07) is 31.2. The van der Waals surface area contributed by atoms with Crippen molar-refractivity contribution in [3.63, 3.8) is 0 Å². The van der Waals surface area contributed by atoms with E-state index in [1.807, 2.05) is 66.7 Å². The van der Waals surface area contributed by atoms with Crippen molar-refractivity contribution in [3.8, 4) is 23.0 Å². The number of ether oxygens (including phenoxy) is 3. The Labute approximate surface area is 186 Å². The fourth-order valence-electron chi connectivity index (χ4n) is 2.96. The summed E-state index contributed by atoms with van der Waals surface area (Å²) in [4.78, 5) is 16.8. The van der Waals surface area contributed by atoms with Crippen LogP contribution in [0.15, 0.2) is 108 Å². The molecule has 0 aliphatic carbocycles. The molecule has 0 N–H and O–H groups in total. The Morgan fingerprint density at radius 3 is 2.09 bits per heavy atom. The fraction of sp³-hybridized carbons (Fsp3) is 0.0370. The average molecular weight is 423 g/mol. The maximum Gasteiger partial charge on any atom is 0.343 e. The first-order valence-corrected chi connectivity index (χ1v) is 10.0. The van der Waals surface area contributed by atoms with Crippen molar-refractivity contribution in [1.29, 1.82) is 0 Å². The minimum absolute atomic E-state index is 0.348. The van der Waals surface area contributed by atoms with Gasteiger partial charge in [-0.05, 0) is 72.3 Å². The molecule has 0 spiro atoms. The topological polar surface area (TPSA) is 57.1 Å². The molecular weight excluding hydrogens is 402 g/mol. The van der Waals surface area contributed by atoms with Crippen LogP contribution in [0, 0.1) is 0 Å². The normalized spacial score (nSPS) is 10.7. The Balaban J connectivity index is 1.43. The third kappa shape index (κ3) is 5.40. The lowest BCUT2D eigenvalue weighted by molar-refractivity contribution is 0.0729. The highest BCUT2D eigenvalue weighted by Crippen LogP contribution is 2.29. The summed E-state index contributed by atoms with van der Waals surface area (Å²) >= 11 is 0. The van der Waals surface area contributed by atoms with Crippen molar-refractivity contribution < 1.29 is 19.0 Å². The lowest BCUT2D eigenvalue weighted by Gasteiger charge is -2.10. The third-order valence-corrected chi connectivity index (χ3v) is 4.58. The van der Waals surface area contributed by atoms with Gasteiger partial charge in [0.15, 0.2) is 11.5 Å². The van der Waals surface area contributed by atoms with Crippen LogP contribution in [-0.4, -0.2) is 19.3 Å². The van der Waals surface area contributed by atoms with Crippen molar-refractivity contribution in [2.24, 2.45) is 4.99 Å². The fourth-order valence-corrected chi connectivity index (χ4v) is 2.96. The van der Waals surface area contributed by atoms with Crippen LogP contribution >= 0.6 is 0 Å². The van der Waals surface area contributed by atoms with Crippen molar-refractivity contribution in [2.75, 3.05) is 7.11 Å². The SMILES string of the molecule is COc1cc(C=Nc2ccc(Oc3ccccc3)cc2)ccc1OC(=O)c1ccccc1. The van der Waals surface area contributed by atoms with Gasteiger partial charge >= 0.3 is 5.97 Å². The summed E-state index contributed by atoms with van der Waals surface area (Å²) in [6.07, 6.45) is 1.72. The molecular formula is C27H21NO4. The van der Waals surface area contributed by atoms with Crippen LogP contribution in [0.3, 0.4) is 0 Å². The molecule has 0 aliphatic heterocycles. The number of benzene rings is 4. The van der Waals surface area contributed by atoms with Crippen molar-refractivity contribution in [1.82, 2.24) is 0 Å². The summed E-state index contributed by atoms with van der Waals surface area (Å²) in [5.74, 6) is 1.87. The van der Waals surface area contributed by atoms with Crippen molar-refractivity contribution in [3.05, 3.63) is 114 Å². The molecule has 0 saturated carbocycles. The number of esters is 1. The molecule has 0 saturated heterocycles. The molecule has 0 amide bonds. The summed E-state index contributed by atoms with van der Waals surface area (Å²) < 4.78 is 16.7. The first kappa shape index (κ1) is 20.9. The molecule has 5 nitrogen and oxygen atoms in total. The molecule has 0 atom stereocenters. The predicted molar refractivity (Wildman–Crippen MR) is 125 cm³/mol.